The summed E-state index contributed by atoms with van der Waals surface area (Å²) in [5.74, 6) is 0.856. The third-order valence-electron chi connectivity index (χ3n) is 3.92. The molecule has 1 fully saturated rings. The maximum Gasteiger partial charge on any atom is 0.217 e. The lowest BCUT2D eigenvalue weighted by Crippen LogP contribution is -2.41. The van der Waals surface area contributed by atoms with Crippen LogP contribution in [-0.2, 0) is 4.79 Å². The van der Waals surface area contributed by atoms with Crippen LogP contribution in [0.3, 0.4) is 0 Å². The van der Waals surface area contributed by atoms with E-state index in [1.165, 1.54) is 0 Å². The molecule has 2 rings (SSSR count). The molecule has 0 spiro atoms. The first-order chi connectivity index (χ1) is 10.5. The van der Waals surface area contributed by atoms with Crippen molar-refractivity contribution in [2.45, 2.75) is 25.4 Å². The Balaban J connectivity index is 1.66. The Labute approximate surface area is 136 Å². The molecule has 3 N–H and O–H groups in total. The van der Waals surface area contributed by atoms with Crippen LogP contribution in [0, 0.1) is 5.92 Å². The summed E-state index contributed by atoms with van der Waals surface area (Å²) in [5.41, 5.74) is 5.23. The Bertz CT molecular complexity index is 473. The topological polar surface area (TPSA) is 75.8 Å². The Hall–Kier alpha value is -1.30. The first-order valence-corrected chi connectivity index (χ1v) is 7.98. The fourth-order valence-corrected chi connectivity index (χ4v) is 2.86. The number of likely N-dealkylation sites (tertiary alicyclic amines) is 1. The summed E-state index contributed by atoms with van der Waals surface area (Å²) >= 11 is 5.81. The standard InChI is InChI=1S/C16H23ClN2O3/c17-13-1-3-15(4-2-13)22-11-14(20)10-19-7-5-12(6-8-19)9-16(18)21/h1-4,12,14,20H,5-11H2,(H2,18,21)/t14-/m0/s1. The van der Waals surface area contributed by atoms with E-state index in [1.807, 2.05) is 0 Å². The van der Waals surface area contributed by atoms with Crippen molar-refractivity contribution in [1.82, 2.24) is 4.90 Å². The van der Waals surface area contributed by atoms with Crippen LogP contribution >= 0.6 is 11.6 Å². The van der Waals surface area contributed by atoms with Crippen LogP contribution in [-0.4, -0.2) is 48.3 Å². The third kappa shape index (κ3) is 5.83. The van der Waals surface area contributed by atoms with Gasteiger partial charge in [-0.2, -0.15) is 0 Å². The molecule has 122 valence electrons. The summed E-state index contributed by atoms with van der Waals surface area (Å²) in [6.45, 7) is 2.60. The molecule has 1 amide bonds. The van der Waals surface area contributed by atoms with E-state index in [0.29, 0.717) is 29.7 Å². The highest BCUT2D eigenvalue weighted by Gasteiger charge is 2.22. The summed E-state index contributed by atoms with van der Waals surface area (Å²) in [4.78, 5) is 13.1. The normalized spacial score (nSPS) is 18.1. The number of carbonyl (C=O) groups excluding carboxylic acids is 1. The van der Waals surface area contributed by atoms with Crippen molar-refractivity contribution in [2.24, 2.45) is 11.7 Å². The van der Waals surface area contributed by atoms with E-state index >= 15 is 0 Å². The van der Waals surface area contributed by atoms with Crippen LogP contribution in [0.25, 0.3) is 0 Å². The van der Waals surface area contributed by atoms with E-state index in [0.717, 1.165) is 25.9 Å². The van der Waals surface area contributed by atoms with Crippen molar-refractivity contribution in [1.29, 1.82) is 0 Å². The highest BCUT2D eigenvalue weighted by molar-refractivity contribution is 6.30. The molecule has 1 heterocycles. The molecule has 0 radical (unpaired) electrons. The van der Waals surface area contributed by atoms with Crippen LogP contribution in [0.2, 0.25) is 5.02 Å². The number of piperidine rings is 1. The minimum Gasteiger partial charge on any atom is -0.491 e. The zero-order valence-electron chi connectivity index (χ0n) is 12.6. The number of carbonyl (C=O) groups is 1. The number of amides is 1. The minimum atomic E-state index is -0.539. The minimum absolute atomic E-state index is 0.227. The number of hydrogen-bond acceptors (Lipinski definition) is 4. The van der Waals surface area contributed by atoms with Gasteiger partial charge in [-0.05, 0) is 56.1 Å². The smallest absolute Gasteiger partial charge is 0.217 e. The second-order valence-electron chi connectivity index (χ2n) is 5.83. The molecule has 0 aliphatic carbocycles. The average molecular weight is 327 g/mol. The number of aliphatic hydroxyl groups excluding tert-OH is 1. The van der Waals surface area contributed by atoms with Crippen molar-refractivity contribution in [2.75, 3.05) is 26.2 Å². The van der Waals surface area contributed by atoms with E-state index in [4.69, 9.17) is 22.1 Å². The molecule has 1 aromatic rings. The summed E-state index contributed by atoms with van der Waals surface area (Å²) in [5, 5.41) is 10.7. The fourth-order valence-electron chi connectivity index (χ4n) is 2.73. The maximum atomic E-state index is 10.9. The lowest BCUT2D eigenvalue weighted by Gasteiger charge is -2.32. The number of nitrogens with zero attached hydrogens (tertiary/aromatic N) is 1. The second kappa shape index (κ2) is 8.36. The average Bonchev–Trinajstić information content (AvgIpc) is 2.48. The highest BCUT2D eigenvalue weighted by atomic mass is 35.5. The Kier molecular flexibility index (Phi) is 6.49. The van der Waals surface area contributed by atoms with Gasteiger partial charge < -0.3 is 20.5 Å². The predicted octanol–water partition coefficient (Wildman–Crippen LogP) is 1.67. The van der Waals surface area contributed by atoms with Crippen LogP contribution in [0.1, 0.15) is 19.3 Å². The van der Waals surface area contributed by atoms with Crippen molar-refractivity contribution in [3.8, 4) is 5.75 Å². The molecule has 1 aliphatic heterocycles. The number of aliphatic hydroxyl groups is 1. The van der Waals surface area contributed by atoms with Gasteiger partial charge in [-0.25, -0.2) is 0 Å². The van der Waals surface area contributed by atoms with Crippen molar-refractivity contribution < 1.29 is 14.6 Å². The lowest BCUT2D eigenvalue weighted by atomic mass is 9.93. The molecular weight excluding hydrogens is 304 g/mol. The number of hydrogen-bond donors (Lipinski definition) is 2. The zero-order chi connectivity index (χ0) is 15.9. The quantitative estimate of drug-likeness (QED) is 0.799. The molecule has 0 aromatic heterocycles. The van der Waals surface area contributed by atoms with Gasteiger partial charge in [0, 0.05) is 18.0 Å². The van der Waals surface area contributed by atoms with E-state index in [1.54, 1.807) is 24.3 Å². The van der Waals surface area contributed by atoms with Gasteiger partial charge in [0.15, 0.2) is 0 Å². The van der Waals surface area contributed by atoms with Crippen LogP contribution in [0.15, 0.2) is 24.3 Å². The van der Waals surface area contributed by atoms with Gasteiger partial charge in [-0.1, -0.05) is 11.6 Å². The van der Waals surface area contributed by atoms with E-state index in [2.05, 4.69) is 4.90 Å². The first-order valence-electron chi connectivity index (χ1n) is 7.60. The summed E-state index contributed by atoms with van der Waals surface area (Å²) < 4.78 is 5.54. The van der Waals surface area contributed by atoms with Crippen molar-refractivity contribution in [3.05, 3.63) is 29.3 Å². The van der Waals surface area contributed by atoms with Gasteiger partial charge in [0.25, 0.3) is 0 Å². The van der Waals surface area contributed by atoms with Crippen molar-refractivity contribution >= 4 is 17.5 Å². The van der Waals surface area contributed by atoms with Gasteiger partial charge in [-0.15, -0.1) is 0 Å². The fraction of sp³-hybridized carbons (Fsp3) is 0.562. The van der Waals surface area contributed by atoms with E-state index in [9.17, 15) is 9.90 Å². The van der Waals surface area contributed by atoms with Gasteiger partial charge >= 0.3 is 0 Å². The molecule has 1 atom stereocenters. The third-order valence-corrected chi connectivity index (χ3v) is 4.17. The van der Waals surface area contributed by atoms with E-state index < -0.39 is 6.10 Å². The molecular formula is C16H23ClN2O3. The number of halogens is 1. The molecule has 1 aromatic carbocycles. The number of ether oxygens (including phenoxy) is 1. The molecule has 1 saturated heterocycles. The number of β-amino-alcohol motifs (C(OH)–C–C–N with tert-alkyl or cyclic N) is 1. The van der Waals surface area contributed by atoms with Gasteiger partial charge in [0.2, 0.25) is 5.91 Å². The molecule has 0 bridgehead atoms. The second-order valence-corrected chi connectivity index (χ2v) is 6.27. The number of nitrogens with two attached hydrogens (primary N) is 1. The summed E-state index contributed by atoms with van der Waals surface area (Å²) in [6, 6.07) is 7.08. The van der Waals surface area contributed by atoms with Crippen LogP contribution < -0.4 is 10.5 Å². The zero-order valence-corrected chi connectivity index (χ0v) is 13.3. The van der Waals surface area contributed by atoms with Crippen LogP contribution in [0.5, 0.6) is 5.75 Å². The number of benzene rings is 1. The molecule has 6 heteroatoms. The molecule has 22 heavy (non-hydrogen) atoms. The number of rotatable bonds is 7. The summed E-state index contributed by atoms with van der Waals surface area (Å²) in [7, 11) is 0. The molecule has 0 saturated carbocycles. The number of primary amides is 1. The predicted molar refractivity (Wildman–Crippen MR) is 85.9 cm³/mol. The monoisotopic (exact) mass is 326 g/mol. The maximum absolute atomic E-state index is 10.9. The van der Waals surface area contributed by atoms with Gasteiger partial charge in [0.05, 0.1) is 0 Å². The summed E-state index contributed by atoms with van der Waals surface area (Å²) in [6.07, 6.45) is 1.83. The lowest BCUT2D eigenvalue weighted by molar-refractivity contribution is -0.119. The Morgan fingerprint density at radius 2 is 2.00 bits per heavy atom. The molecule has 0 unspecified atom stereocenters. The van der Waals surface area contributed by atoms with Gasteiger partial charge in [0.1, 0.15) is 18.5 Å². The molecule has 1 aliphatic rings. The SMILES string of the molecule is NC(=O)CC1CCN(C[C@H](O)COc2ccc(Cl)cc2)CC1. The Morgan fingerprint density at radius 1 is 1.36 bits per heavy atom. The van der Waals surface area contributed by atoms with Crippen molar-refractivity contribution in [3.63, 3.8) is 0 Å². The Morgan fingerprint density at radius 3 is 2.59 bits per heavy atom. The van der Waals surface area contributed by atoms with E-state index in [-0.39, 0.29) is 12.5 Å². The van der Waals surface area contributed by atoms with Gasteiger partial charge in [-0.3, -0.25) is 4.79 Å². The first kappa shape index (κ1) is 17.1. The molecule has 5 nitrogen and oxygen atoms in total. The highest BCUT2D eigenvalue weighted by Crippen LogP contribution is 2.20. The van der Waals surface area contributed by atoms with Crippen LogP contribution in [0.4, 0.5) is 0 Å². The largest absolute Gasteiger partial charge is 0.491 e.